The molecule has 2 aromatic rings. The van der Waals surface area contributed by atoms with Gasteiger partial charge in [-0.05, 0) is 31.4 Å². The number of nitrogens with zero attached hydrogens (tertiary/aromatic N) is 1. The van der Waals surface area contributed by atoms with Crippen molar-refractivity contribution in [3.05, 3.63) is 38.8 Å². The average molecular weight is 322 g/mol. The van der Waals surface area contributed by atoms with Crippen molar-refractivity contribution in [1.29, 1.82) is 0 Å². The van der Waals surface area contributed by atoms with E-state index in [2.05, 4.69) is 46.0 Å². The van der Waals surface area contributed by atoms with E-state index in [1.807, 2.05) is 0 Å². The Balaban J connectivity index is 2.10. The summed E-state index contributed by atoms with van der Waals surface area (Å²) in [5.74, 6) is 0.253. The second kappa shape index (κ2) is 4.59. The number of fused-ring (bicyclic) bond motifs is 1. The van der Waals surface area contributed by atoms with Crippen LogP contribution in [-0.4, -0.2) is 10.8 Å². The van der Waals surface area contributed by atoms with Crippen LogP contribution in [0.5, 0.6) is 0 Å². The van der Waals surface area contributed by atoms with Gasteiger partial charge in [0.25, 0.3) is 0 Å². The number of aryl methyl sites for hydroxylation is 2. The van der Waals surface area contributed by atoms with E-state index in [0.717, 1.165) is 38.5 Å². The Morgan fingerprint density at radius 2 is 2.17 bits per heavy atom. The summed E-state index contributed by atoms with van der Waals surface area (Å²) < 4.78 is 1.04. The molecule has 0 saturated heterocycles. The fourth-order valence-electron chi connectivity index (χ4n) is 2.18. The molecule has 0 spiro atoms. The number of hydrogen-bond acceptors (Lipinski definition) is 3. The molecule has 1 aliphatic carbocycles. The molecular weight excluding hydrogens is 310 g/mol. The number of rotatable bonds is 1. The van der Waals surface area contributed by atoms with Crippen LogP contribution in [0.1, 0.15) is 33.8 Å². The van der Waals surface area contributed by atoms with Crippen molar-refractivity contribution >= 4 is 33.0 Å². The number of ketones is 1. The van der Waals surface area contributed by atoms with Gasteiger partial charge in [0.2, 0.25) is 0 Å². The van der Waals surface area contributed by atoms with Gasteiger partial charge in [-0.3, -0.25) is 4.79 Å². The third kappa shape index (κ3) is 2.04. The lowest BCUT2D eigenvalue weighted by Crippen LogP contribution is -2.07. The van der Waals surface area contributed by atoms with Crippen LogP contribution in [0.2, 0.25) is 0 Å². The van der Waals surface area contributed by atoms with Crippen molar-refractivity contribution in [2.45, 2.75) is 26.2 Å². The zero-order chi connectivity index (χ0) is 12.7. The van der Waals surface area contributed by atoms with Crippen molar-refractivity contribution in [3.8, 4) is 10.6 Å². The van der Waals surface area contributed by atoms with Crippen molar-refractivity contribution in [1.82, 2.24) is 4.98 Å². The predicted molar refractivity (Wildman–Crippen MR) is 77.3 cm³/mol. The first kappa shape index (κ1) is 12.1. The van der Waals surface area contributed by atoms with Crippen LogP contribution in [0, 0.1) is 6.92 Å². The van der Waals surface area contributed by atoms with Crippen LogP contribution in [0.25, 0.3) is 10.6 Å². The lowest BCUT2D eigenvalue weighted by molar-refractivity contribution is 0.0976. The third-order valence-corrected chi connectivity index (χ3v) is 4.95. The molecule has 0 radical (unpaired) electrons. The maximum atomic E-state index is 11.8. The minimum Gasteiger partial charge on any atom is -0.293 e. The number of carbonyl (C=O) groups excluding carboxylic acids is 1. The van der Waals surface area contributed by atoms with Crippen molar-refractivity contribution < 1.29 is 4.79 Å². The topological polar surface area (TPSA) is 30.0 Å². The normalized spacial score (nSPS) is 14.7. The Hall–Kier alpha value is -1.00. The summed E-state index contributed by atoms with van der Waals surface area (Å²) in [4.78, 5) is 17.3. The van der Waals surface area contributed by atoms with Gasteiger partial charge >= 0.3 is 0 Å². The lowest BCUT2D eigenvalue weighted by atomic mass is 10.0. The molecule has 0 unspecified atom stereocenters. The number of thiazole rings is 1. The van der Waals surface area contributed by atoms with Gasteiger partial charge < -0.3 is 0 Å². The number of hydrogen-bond donors (Lipinski definition) is 0. The molecule has 0 aliphatic heterocycles. The summed E-state index contributed by atoms with van der Waals surface area (Å²) in [6.45, 7) is 2.06. The molecule has 4 heteroatoms. The largest absolute Gasteiger partial charge is 0.293 e. The molecule has 0 saturated carbocycles. The van der Waals surface area contributed by atoms with Gasteiger partial charge in [-0.25, -0.2) is 4.98 Å². The van der Waals surface area contributed by atoms with E-state index in [1.165, 1.54) is 16.9 Å². The number of aromatic nitrogens is 1. The molecule has 2 nitrogen and oxygen atoms in total. The first-order chi connectivity index (χ1) is 8.65. The van der Waals surface area contributed by atoms with Gasteiger partial charge in [0.05, 0.1) is 10.6 Å². The standard InChI is InChI=1S/C14H12BrNOS/c1-8-5-6-9(10(15)7-8)14-16-11-3-2-4-12(17)13(11)18-14/h5-7H,2-4H2,1H3. The Labute approximate surface area is 118 Å². The Kier molecular flexibility index (Phi) is 3.08. The molecule has 1 heterocycles. The molecule has 1 aromatic heterocycles. The van der Waals surface area contributed by atoms with Crippen LogP contribution in [0.3, 0.4) is 0 Å². The Morgan fingerprint density at radius 1 is 1.33 bits per heavy atom. The van der Waals surface area contributed by atoms with Crippen molar-refractivity contribution in [2.75, 3.05) is 0 Å². The van der Waals surface area contributed by atoms with E-state index in [9.17, 15) is 4.79 Å². The van der Waals surface area contributed by atoms with Gasteiger partial charge in [0.15, 0.2) is 5.78 Å². The zero-order valence-electron chi connectivity index (χ0n) is 10.00. The molecule has 1 aliphatic rings. The molecule has 18 heavy (non-hydrogen) atoms. The molecule has 0 bridgehead atoms. The summed E-state index contributed by atoms with van der Waals surface area (Å²) >= 11 is 5.10. The summed E-state index contributed by atoms with van der Waals surface area (Å²) in [6, 6.07) is 6.22. The molecule has 0 amide bonds. The van der Waals surface area contributed by atoms with E-state index in [0.29, 0.717) is 6.42 Å². The van der Waals surface area contributed by atoms with Gasteiger partial charge in [0.1, 0.15) is 5.01 Å². The molecule has 92 valence electrons. The minimum atomic E-state index is 0.253. The highest BCUT2D eigenvalue weighted by molar-refractivity contribution is 9.10. The minimum absolute atomic E-state index is 0.253. The summed E-state index contributed by atoms with van der Waals surface area (Å²) in [5, 5.41) is 0.946. The second-order valence-electron chi connectivity index (χ2n) is 4.55. The summed E-state index contributed by atoms with van der Waals surface area (Å²) in [6.07, 6.45) is 2.54. The number of carbonyl (C=O) groups is 1. The van der Waals surface area contributed by atoms with E-state index in [1.54, 1.807) is 0 Å². The average Bonchev–Trinajstić information content (AvgIpc) is 2.74. The summed E-state index contributed by atoms with van der Waals surface area (Å²) in [5.41, 5.74) is 3.27. The van der Waals surface area contributed by atoms with Crippen LogP contribution in [0.15, 0.2) is 22.7 Å². The van der Waals surface area contributed by atoms with Crippen LogP contribution in [-0.2, 0) is 6.42 Å². The zero-order valence-corrected chi connectivity index (χ0v) is 12.4. The van der Waals surface area contributed by atoms with Crippen LogP contribution in [0.4, 0.5) is 0 Å². The van der Waals surface area contributed by atoms with E-state index in [4.69, 9.17) is 0 Å². The van der Waals surface area contributed by atoms with Crippen LogP contribution >= 0.6 is 27.3 Å². The van der Waals surface area contributed by atoms with Gasteiger partial charge in [-0.15, -0.1) is 11.3 Å². The number of halogens is 1. The highest BCUT2D eigenvalue weighted by Gasteiger charge is 2.23. The summed E-state index contributed by atoms with van der Waals surface area (Å²) in [7, 11) is 0. The predicted octanol–water partition coefficient (Wildman–Crippen LogP) is 4.40. The van der Waals surface area contributed by atoms with Crippen molar-refractivity contribution in [3.63, 3.8) is 0 Å². The van der Waals surface area contributed by atoms with Crippen LogP contribution < -0.4 is 0 Å². The van der Waals surface area contributed by atoms with E-state index in [-0.39, 0.29) is 5.78 Å². The highest BCUT2D eigenvalue weighted by atomic mass is 79.9. The molecule has 0 atom stereocenters. The van der Waals surface area contributed by atoms with Gasteiger partial charge in [-0.2, -0.15) is 0 Å². The van der Waals surface area contributed by atoms with Gasteiger partial charge in [0, 0.05) is 16.5 Å². The van der Waals surface area contributed by atoms with E-state index >= 15 is 0 Å². The Morgan fingerprint density at radius 3 is 2.89 bits per heavy atom. The molecule has 1 aromatic carbocycles. The molecule has 3 rings (SSSR count). The highest BCUT2D eigenvalue weighted by Crippen LogP contribution is 2.36. The van der Waals surface area contributed by atoms with Crippen molar-refractivity contribution in [2.24, 2.45) is 0 Å². The fraction of sp³-hybridized carbons (Fsp3) is 0.286. The fourth-order valence-corrected chi connectivity index (χ4v) is 4.11. The maximum absolute atomic E-state index is 11.8. The first-order valence-electron chi connectivity index (χ1n) is 5.94. The number of benzene rings is 1. The maximum Gasteiger partial charge on any atom is 0.174 e. The second-order valence-corrected chi connectivity index (χ2v) is 6.41. The number of Topliss-reactive ketones (excluding diaryl/α,β-unsaturated/α-hetero) is 1. The first-order valence-corrected chi connectivity index (χ1v) is 7.55. The quantitative estimate of drug-likeness (QED) is 0.779. The SMILES string of the molecule is Cc1ccc(-c2nc3c(s2)C(=O)CCC3)c(Br)c1. The third-order valence-electron chi connectivity index (χ3n) is 3.12. The molecule has 0 fully saturated rings. The molecule has 0 N–H and O–H groups in total. The van der Waals surface area contributed by atoms with E-state index < -0.39 is 0 Å². The molecular formula is C14H12BrNOS. The van der Waals surface area contributed by atoms with Gasteiger partial charge in [-0.1, -0.05) is 28.1 Å². The monoisotopic (exact) mass is 321 g/mol. The lowest BCUT2D eigenvalue weighted by Gasteiger charge is -2.06. The smallest absolute Gasteiger partial charge is 0.174 e. The Bertz CT molecular complexity index is 633.